The standard InChI is InChI=1S/C21H32N2O2/c1-16(19-8-6-5-7-9-19)22-12-17(13-22)10-11-18-14-23(15-18)20(24)25-21(2,3)4/h5-9,16-18H,10-15H2,1-4H3. The quantitative estimate of drug-likeness (QED) is 0.797. The van der Waals surface area contributed by atoms with Gasteiger partial charge in [-0.25, -0.2) is 4.79 Å². The highest BCUT2D eigenvalue weighted by atomic mass is 16.6. The first-order valence-electron chi connectivity index (χ1n) is 9.59. The van der Waals surface area contributed by atoms with Crippen LogP contribution in [0, 0.1) is 11.8 Å². The molecule has 138 valence electrons. The summed E-state index contributed by atoms with van der Waals surface area (Å²) in [6.45, 7) is 12.2. The average molecular weight is 344 g/mol. The second-order valence-electron chi connectivity index (χ2n) is 8.74. The molecule has 2 saturated heterocycles. The minimum atomic E-state index is -0.396. The van der Waals surface area contributed by atoms with Gasteiger partial charge in [0, 0.05) is 32.2 Å². The molecule has 1 aromatic rings. The molecule has 1 aromatic carbocycles. The number of amides is 1. The Hall–Kier alpha value is -1.55. The van der Waals surface area contributed by atoms with Crippen molar-refractivity contribution < 1.29 is 9.53 Å². The van der Waals surface area contributed by atoms with E-state index < -0.39 is 5.60 Å². The lowest BCUT2D eigenvalue weighted by Gasteiger charge is -2.45. The van der Waals surface area contributed by atoms with E-state index in [4.69, 9.17) is 4.74 Å². The lowest BCUT2D eigenvalue weighted by atomic mass is 9.86. The Morgan fingerprint density at radius 2 is 1.64 bits per heavy atom. The van der Waals surface area contributed by atoms with Crippen molar-refractivity contribution in [1.82, 2.24) is 9.80 Å². The molecule has 0 N–H and O–H groups in total. The van der Waals surface area contributed by atoms with Gasteiger partial charge in [0.25, 0.3) is 0 Å². The molecule has 0 saturated carbocycles. The van der Waals surface area contributed by atoms with Crippen molar-refractivity contribution >= 4 is 6.09 Å². The van der Waals surface area contributed by atoms with Crippen LogP contribution in [0.5, 0.6) is 0 Å². The minimum absolute atomic E-state index is 0.157. The van der Waals surface area contributed by atoms with Crippen LogP contribution in [-0.2, 0) is 4.74 Å². The Bertz CT molecular complexity index is 569. The summed E-state index contributed by atoms with van der Waals surface area (Å²) in [5.74, 6) is 1.48. The number of hydrogen-bond acceptors (Lipinski definition) is 3. The summed E-state index contributed by atoms with van der Waals surface area (Å²) in [6.07, 6.45) is 2.36. The summed E-state index contributed by atoms with van der Waals surface area (Å²) >= 11 is 0. The average Bonchev–Trinajstić information content (AvgIpc) is 2.46. The van der Waals surface area contributed by atoms with Crippen molar-refractivity contribution in [3.8, 4) is 0 Å². The van der Waals surface area contributed by atoms with Crippen LogP contribution in [0.4, 0.5) is 4.79 Å². The summed E-state index contributed by atoms with van der Waals surface area (Å²) in [4.78, 5) is 16.3. The van der Waals surface area contributed by atoms with Crippen molar-refractivity contribution in [3.63, 3.8) is 0 Å². The van der Waals surface area contributed by atoms with Crippen LogP contribution in [-0.4, -0.2) is 47.7 Å². The number of benzene rings is 1. The second kappa shape index (κ2) is 7.36. The van der Waals surface area contributed by atoms with Crippen molar-refractivity contribution in [3.05, 3.63) is 35.9 Å². The van der Waals surface area contributed by atoms with Crippen LogP contribution in [0.25, 0.3) is 0 Å². The normalized spacial score (nSPS) is 20.7. The number of carbonyl (C=O) groups excluding carboxylic acids is 1. The largest absolute Gasteiger partial charge is 0.444 e. The van der Waals surface area contributed by atoms with Crippen LogP contribution >= 0.6 is 0 Å². The molecule has 2 aliphatic rings. The molecular formula is C21H32N2O2. The number of hydrogen-bond donors (Lipinski definition) is 0. The molecule has 0 radical (unpaired) electrons. The molecule has 3 rings (SSSR count). The zero-order valence-electron chi connectivity index (χ0n) is 16.1. The molecule has 1 amide bonds. The van der Waals surface area contributed by atoms with E-state index in [1.807, 2.05) is 25.7 Å². The molecule has 1 unspecified atom stereocenters. The molecule has 4 heteroatoms. The minimum Gasteiger partial charge on any atom is -0.444 e. The predicted octanol–water partition coefficient (Wildman–Crippen LogP) is 4.33. The number of likely N-dealkylation sites (tertiary alicyclic amines) is 2. The first-order valence-corrected chi connectivity index (χ1v) is 9.59. The molecule has 0 aromatic heterocycles. The molecule has 2 aliphatic heterocycles. The summed E-state index contributed by atoms with van der Waals surface area (Å²) in [7, 11) is 0. The number of rotatable bonds is 5. The van der Waals surface area contributed by atoms with Gasteiger partial charge >= 0.3 is 6.09 Å². The molecule has 0 aliphatic carbocycles. The van der Waals surface area contributed by atoms with Gasteiger partial charge < -0.3 is 9.64 Å². The van der Waals surface area contributed by atoms with Crippen LogP contribution in [0.2, 0.25) is 0 Å². The van der Waals surface area contributed by atoms with Gasteiger partial charge in [-0.15, -0.1) is 0 Å². The molecule has 4 nitrogen and oxygen atoms in total. The molecule has 0 bridgehead atoms. The Morgan fingerprint density at radius 3 is 2.20 bits per heavy atom. The molecular weight excluding hydrogens is 312 g/mol. The smallest absolute Gasteiger partial charge is 0.410 e. The Labute approximate surface area is 152 Å². The summed E-state index contributed by atoms with van der Waals surface area (Å²) in [6, 6.07) is 11.3. The number of carbonyl (C=O) groups is 1. The molecule has 0 spiro atoms. The van der Waals surface area contributed by atoms with E-state index >= 15 is 0 Å². The lowest BCUT2D eigenvalue weighted by molar-refractivity contribution is -0.00624. The van der Waals surface area contributed by atoms with E-state index in [9.17, 15) is 4.79 Å². The first-order chi connectivity index (χ1) is 11.8. The van der Waals surface area contributed by atoms with Crippen molar-refractivity contribution in [2.75, 3.05) is 26.2 Å². The van der Waals surface area contributed by atoms with Gasteiger partial charge in [-0.1, -0.05) is 30.3 Å². The maximum atomic E-state index is 11.9. The third-order valence-corrected chi connectivity index (χ3v) is 5.41. The fraction of sp³-hybridized carbons (Fsp3) is 0.667. The summed E-state index contributed by atoms with van der Waals surface area (Å²) in [5, 5.41) is 0. The Balaban J connectivity index is 1.30. The van der Waals surface area contributed by atoms with E-state index in [0.717, 1.165) is 19.0 Å². The van der Waals surface area contributed by atoms with E-state index in [2.05, 4.69) is 42.2 Å². The molecule has 2 heterocycles. The van der Waals surface area contributed by atoms with Gasteiger partial charge in [0.05, 0.1) is 0 Å². The molecule has 1 atom stereocenters. The fourth-order valence-electron chi connectivity index (χ4n) is 3.75. The summed E-state index contributed by atoms with van der Waals surface area (Å²) in [5.41, 5.74) is 1.01. The van der Waals surface area contributed by atoms with E-state index in [1.165, 1.54) is 31.5 Å². The zero-order valence-corrected chi connectivity index (χ0v) is 16.1. The van der Waals surface area contributed by atoms with E-state index in [0.29, 0.717) is 12.0 Å². The molecule has 2 fully saturated rings. The fourth-order valence-corrected chi connectivity index (χ4v) is 3.75. The third-order valence-electron chi connectivity index (χ3n) is 5.41. The van der Waals surface area contributed by atoms with Crippen molar-refractivity contribution in [2.24, 2.45) is 11.8 Å². The highest BCUT2D eigenvalue weighted by Gasteiger charge is 2.36. The maximum absolute atomic E-state index is 11.9. The van der Waals surface area contributed by atoms with Crippen LogP contribution in [0.3, 0.4) is 0 Å². The van der Waals surface area contributed by atoms with Crippen LogP contribution < -0.4 is 0 Å². The Morgan fingerprint density at radius 1 is 1.08 bits per heavy atom. The van der Waals surface area contributed by atoms with Crippen molar-refractivity contribution in [2.45, 2.75) is 52.2 Å². The van der Waals surface area contributed by atoms with Gasteiger partial charge in [-0.2, -0.15) is 0 Å². The van der Waals surface area contributed by atoms with Crippen molar-refractivity contribution in [1.29, 1.82) is 0 Å². The highest BCUT2D eigenvalue weighted by Crippen LogP contribution is 2.32. The van der Waals surface area contributed by atoms with E-state index in [1.54, 1.807) is 0 Å². The topological polar surface area (TPSA) is 32.8 Å². The predicted molar refractivity (Wildman–Crippen MR) is 100 cm³/mol. The SMILES string of the molecule is CC(c1ccccc1)N1CC(CCC2CN(C(=O)OC(C)(C)C)C2)C1. The highest BCUT2D eigenvalue weighted by molar-refractivity contribution is 5.69. The number of nitrogens with zero attached hydrogens (tertiary/aromatic N) is 2. The van der Waals surface area contributed by atoms with Gasteiger partial charge in [-0.3, -0.25) is 4.90 Å². The van der Waals surface area contributed by atoms with E-state index in [-0.39, 0.29) is 6.09 Å². The van der Waals surface area contributed by atoms with Gasteiger partial charge in [-0.05, 0) is 57.9 Å². The lowest BCUT2D eigenvalue weighted by Crippen LogP contribution is -2.52. The third kappa shape index (κ3) is 4.75. The number of ether oxygens (including phenoxy) is 1. The Kier molecular flexibility index (Phi) is 5.38. The monoisotopic (exact) mass is 344 g/mol. The first kappa shape index (κ1) is 18.2. The molecule has 25 heavy (non-hydrogen) atoms. The zero-order chi connectivity index (χ0) is 18.0. The van der Waals surface area contributed by atoms with Crippen LogP contribution in [0.1, 0.15) is 52.1 Å². The summed E-state index contributed by atoms with van der Waals surface area (Å²) < 4.78 is 5.41. The second-order valence-corrected chi connectivity index (χ2v) is 8.74. The van der Waals surface area contributed by atoms with Crippen LogP contribution in [0.15, 0.2) is 30.3 Å². The maximum Gasteiger partial charge on any atom is 0.410 e. The van der Waals surface area contributed by atoms with Gasteiger partial charge in [0.1, 0.15) is 5.60 Å². The van der Waals surface area contributed by atoms with Gasteiger partial charge in [0.2, 0.25) is 0 Å². The van der Waals surface area contributed by atoms with Gasteiger partial charge in [0.15, 0.2) is 0 Å².